The molecule has 0 aliphatic heterocycles. The van der Waals surface area contributed by atoms with Gasteiger partial charge in [-0.1, -0.05) is 0 Å². The second kappa shape index (κ2) is 1.51. The van der Waals surface area contributed by atoms with E-state index in [-0.39, 0.29) is 5.88 Å². The Morgan fingerprint density at radius 3 is 2.25 bits per heavy atom. The fourth-order valence-electron chi connectivity index (χ4n) is 0.518. The molecule has 0 bridgehead atoms. The molecule has 0 aliphatic carbocycles. The number of rotatable bonds is 0. The quantitative estimate of drug-likeness (QED) is 0.545. The van der Waals surface area contributed by atoms with Gasteiger partial charge in [0.25, 0.3) is 5.88 Å². The molecular formula is C5H7NO2. The molecule has 0 aliphatic rings. The minimum Gasteiger partial charge on any atom is -0.491 e. The van der Waals surface area contributed by atoms with Gasteiger partial charge in [0.15, 0.2) is 11.7 Å². The van der Waals surface area contributed by atoms with Crippen LogP contribution < -0.4 is 0 Å². The summed E-state index contributed by atoms with van der Waals surface area (Å²) in [7, 11) is 0. The Hall–Kier alpha value is -0.990. The number of aromatic nitrogens is 1. The van der Waals surface area contributed by atoms with Crippen LogP contribution in [0.15, 0.2) is 4.42 Å². The Bertz CT molecular complexity index is 173. The topological polar surface area (TPSA) is 46.3 Å². The summed E-state index contributed by atoms with van der Waals surface area (Å²) < 4.78 is 4.85. The van der Waals surface area contributed by atoms with E-state index in [4.69, 9.17) is 9.52 Å². The number of hydrogen-bond donors (Lipinski definition) is 1. The van der Waals surface area contributed by atoms with E-state index in [1.54, 1.807) is 13.8 Å². The Labute approximate surface area is 47.0 Å². The van der Waals surface area contributed by atoms with Crippen molar-refractivity contribution in [2.75, 3.05) is 0 Å². The molecule has 0 spiro atoms. The summed E-state index contributed by atoms with van der Waals surface area (Å²) >= 11 is 0. The van der Waals surface area contributed by atoms with Crippen LogP contribution in [0.5, 0.6) is 5.88 Å². The molecule has 0 saturated heterocycles. The van der Waals surface area contributed by atoms with Gasteiger partial charge in [-0.3, -0.25) is 0 Å². The first kappa shape index (κ1) is 5.15. The van der Waals surface area contributed by atoms with Gasteiger partial charge in [-0.2, -0.15) is 4.98 Å². The van der Waals surface area contributed by atoms with Crippen LogP contribution in [0, 0.1) is 13.8 Å². The molecule has 0 unspecified atom stereocenters. The summed E-state index contributed by atoms with van der Waals surface area (Å²) in [6, 6.07) is 0. The lowest BCUT2D eigenvalue weighted by Gasteiger charge is -1.76. The van der Waals surface area contributed by atoms with Gasteiger partial charge < -0.3 is 9.52 Å². The maximum absolute atomic E-state index is 8.74. The fourth-order valence-corrected chi connectivity index (χ4v) is 0.518. The molecule has 0 fully saturated rings. The van der Waals surface area contributed by atoms with Crippen molar-refractivity contribution in [3.05, 3.63) is 11.7 Å². The van der Waals surface area contributed by atoms with Crippen LogP contribution in [-0.4, -0.2) is 10.1 Å². The summed E-state index contributed by atoms with van der Waals surface area (Å²) in [5.74, 6) is 0.963. The molecule has 1 aromatic heterocycles. The zero-order valence-corrected chi connectivity index (χ0v) is 4.80. The Morgan fingerprint density at radius 2 is 2.12 bits per heavy atom. The highest BCUT2D eigenvalue weighted by atomic mass is 16.4. The highest BCUT2D eigenvalue weighted by Crippen LogP contribution is 2.13. The van der Waals surface area contributed by atoms with Crippen molar-refractivity contribution in [1.29, 1.82) is 0 Å². The van der Waals surface area contributed by atoms with E-state index in [0.717, 1.165) is 0 Å². The van der Waals surface area contributed by atoms with Crippen molar-refractivity contribution in [2.45, 2.75) is 13.8 Å². The molecule has 44 valence electrons. The molecule has 1 aromatic rings. The van der Waals surface area contributed by atoms with Gasteiger partial charge in [-0.15, -0.1) is 0 Å². The van der Waals surface area contributed by atoms with Crippen LogP contribution in [-0.2, 0) is 0 Å². The lowest BCUT2D eigenvalue weighted by atomic mass is 10.6. The van der Waals surface area contributed by atoms with Gasteiger partial charge in [0.2, 0.25) is 0 Å². The number of nitrogens with zero attached hydrogens (tertiary/aromatic N) is 1. The molecule has 0 saturated carbocycles. The van der Waals surface area contributed by atoms with Gasteiger partial charge in [-0.05, 0) is 6.92 Å². The molecule has 8 heavy (non-hydrogen) atoms. The number of aryl methyl sites for hydroxylation is 2. The van der Waals surface area contributed by atoms with Crippen LogP contribution in [0.3, 0.4) is 0 Å². The fraction of sp³-hybridized carbons (Fsp3) is 0.400. The first-order valence-electron chi connectivity index (χ1n) is 2.33. The first-order valence-corrected chi connectivity index (χ1v) is 2.33. The third kappa shape index (κ3) is 0.665. The van der Waals surface area contributed by atoms with Crippen molar-refractivity contribution in [2.24, 2.45) is 0 Å². The zero-order chi connectivity index (χ0) is 6.15. The first-order chi connectivity index (χ1) is 3.70. The molecule has 0 aromatic carbocycles. The van der Waals surface area contributed by atoms with Gasteiger partial charge in [0.05, 0.1) is 0 Å². The minimum atomic E-state index is -0.0116. The lowest BCUT2D eigenvalue weighted by Crippen LogP contribution is -1.64. The third-order valence-electron chi connectivity index (χ3n) is 0.879. The van der Waals surface area contributed by atoms with Crippen LogP contribution in [0.1, 0.15) is 11.7 Å². The van der Waals surface area contributed by atoms with Crippen LogP contribution >= 0.6 is 0 Å². The normalized spacial score (nSPS) is 9.75. The molecule has 0 radical (unpaired) electrons. The second-order valence-corrected chi connectivity index (χ2v) is 1.61. The van der Waals surface area contributed by atoms with Gasteiger partial charge in [-0.25, -0.2) is 0 Å². The van der Waals surface area contributed by atoms with Crippen LogP contribution in [0.2, 0.25) is 0 Å². The van der Waals surface area contributed by atoms with Crippen molar-refractivity contribution >= 4 is 0 Å². The molecule has 0 amide bonds. The predicted octanol–water partition coefficient (Wildman–Crippen LogP) is 0.997. The van der Waals surface area contributed by atoms with Gasteiger partial charge >= 0.3 is 0 Å². The summed E-state index contributed by atoms with van der Waals surface area (Å²) in [5.41, 5.74) is 0. The molecule has 0 atom stereocenters. The number of hydrogen-bond acceptors (Lipinski definition) is 3. The minimum absolute atomic E-state index is 0.0116. The van der Waals surface area contributed by atoms with Crippen molar-refractivity contribution in [1.82, 2.24) is 4.98 Å². The van der Waals surface area contributed by atoms with Crippen LogP contribution in [0.4, 0.5) is 0 Å². The van der Waals surface area contributed by atoms with E-state index < -0.39 is 0 Å². The summed E-state index contributed by atoms with van der Waals surface area (Å²) in [6.07, 6.45) is 0. The van der Waals surface area contributed by atoms with Gasteiger partial charge in [0.1, 0.15) is 0 Å². The average molecular weight is 113 g/mol. The van der Waals surface area contributed by atoms with Crippen molar-refractivity contribution in [3.8, 4) is 5.88 Å². The summed E-state index contributed by atoms with van der Waals surface area (Å²) in [4.78, 5) is 3.60. The molecular weight excluding hydrogens is 106 g/mol. The van der Waals surface area contributed by atoms with E-state index >= 15 is 0 Å². The van der Waals surface area contributed by atoms with Crippen molar-refractivity contribution < 1.29 is 9.52 Å². The number of oxazole rings is 1. The second-order valence-electron chi connectivity index (χ2n) is 1.61. The predicted molar refractivity (Wildman–Crippen MR) is 27.6 cm³/mol. The smallest absolute Gasteiger partial charge is 0.253 e. The van der Waals surface area contributed by atoms with E-state index in [9.17, 15) is 0 Å². The highest BCUT2D eigenvalue weighted by molar-refractivity contribution is 5.11. The van der Waals surface area contributed by atoms with Crippen molar-refractivity contribution in [3.63, 3.8) is 0 Å². The van der Waals surface area contributed by atoms with Crippen LogP contribution in [0.25, 0.3) is 0 Å². The van der Waals surface area contributed by atoms with E-state index in [2.05, 4.69) is 4.98 Å². The molecule has 3 nitrogen and oxygen atoms in total. The molecule has 1 heterocycles. The molecule has 3 heteroatoms. The highest BCUT2D eigenvalue weighted by Gasteiger charge is 2.00. The summed E-state index contributed by atoms with van der Waals surface area (Å²) in [5, 5.41) is 8.74. The monoisotopic (exact) mass is 113 g/mol. The van der Waals surface area contributed by atoms with E-state index in [1.165, 1.54) is 0 Å². The Kier molecular flexibility index (Phi) is 0.970. The molecule has 1 rings (SSSR count). The Balaban J connectivity index is 3.14. The summed E-state index contributed by atoms with van der Waals surface area (Å²) in [6.45, 7) is 3.35. The molecule has 1 N–H and O–H groups in total. The maximum Gasteiger partial charge on any atom is 0.253 e. The zero-order valence-electron chi connectivity index (χ0n) is 4.80. The number of aromatic hydroxyl groups is 1. The third-order valence-corrected chi connectivity index (χ3v) is 0.879. The SMILES string of the molecule is Cc1nc(O)c(C)o1. The van der Waals surface area contributed by atoms with Gasteiger partial charge in [0, 0.05) is 6.92 Å². The Morgan fingerprint density at radius 1 is 1.50 bits per heavy atom. The maximum atomic E-state index is 8.74. The largest absolute Gasteiger partial charge is 0.491 e. The lowest BCUT2D eigenvalue weighted by molar-refractivity contribution is 0.433. The van der Waals surface area contributed by atoms with E-state index in [0.29, 0.717) is 11.7 Å². The van der Waals surface area contributed by atoms with E-state index in [1.807, 2.05) is 0 Å². The standard InChI is InChI=1S/C5H7NO2/c1-3-5(7)6-4(2)8-3/h7H,1-2H3. The average Bonchev–Trinajstić information content (AvgIpc) is 1.85.